The molecule has 1 aromatic heterocycles. The molecule has 1 aliphatic heterocycles. The smallest absolute Gasteiger partial charge is 0.267 e. The van der Waals surface area contributed by atoms with Gasteiger partial charge in [-0.2, -0.15) is 4.31 Å². The van der Waals surface area contributed by atoms with Crippen LogP contribution in [0.4, 0.5) is 15.8 Å². The second kappa shape index (κ2) is 9.58. The molecule has 0 saturated carbocycles. The number of carbonyl (C=O) groups is 1. The van der Waals surface area contributed by atoms with Gasteiger partial charge in [-0.3, -0.25) is 4.79 Å². The summed E-state index contributed by atoms with van der Waals surface area (Å²) >= 11 is 1.07. The molecule has 0 unspecified atom stereocenters. The predicted molar refractivity (Wildman–Crippen MR) is 129 cm³/mol. The number of carbonyl (C=O) groups excluding carboxylic acids is 1. The minimum Gasteiger partial charge on any atom is -0.376 e. The Morgan fingerprint density at radius 1 is 1.12 bits per heavy atom. The van der Waals surface area contributed by atoms with Gasteiger partial charge in [0.2, 0.25) is 10.0 Å². The number of amides is 1. The number of thiazole rings is 1. The molecule has 3 aromatic rings. The number of benzene rings is 2. The zero-order chi connectivity index (χ0) is 23.6. The molecule has 0 radical (unpaired) electrons. The lowest BCUT2D eigenvalue weighted by Gasteiger charge is -2.26. The summed E-state index contributed by atoms with van der Waals surface area (Å²) in [7, 11) is -0.0274. The summed E-state index contributed by atoms with van der Waals surface area (Å²) in [4.78, 5) is 19.4. The van der Waals surface area contributed by atoms with Crippen LogP contribution in [0.3, 0.4) is 0 Å². The molecule has 2 aromatic carbocycles. The summed E-state index contributed by atoms with van der Waals surface area (Å²) < 4.78 is 41.8. The van der Waals surface area contributed by atoms with Crippen LogP contribution in [-0.2, 0) is 10.0 Å². The first-order chi connectivity index (χ1) is 15.8. The summed E-state index contributed by atoms with van der Waals surface area (Å²) in [6, 6.07) is 11.0. The number of nitrogens with one attached hydrogen (secondary N) is 1. The number of nitrogens with zero attached hydrogens (tertiary/aromatic N) is 3. The molecule has 1 N–H and O–H groups in total. The first kappa shape index (κ1) is 23.3. The Labute approximate surface area is 196 Å². The molecular weight excluding hydrogens is 463 g/mol. The maximum atomic E-state index is 14.1. The molecular formula is C23H25FN4O3S2. The molecule has 1 amide bonds. The molecule has 1 aliphatic rings. The third-order valence-corrected chi connectivity index (χ3v) is 8.41. The van der Waals surface area contributed by atoms with Crippen LogP contribution >= 0.6 is 11.3 Å². The summed E-state index contributed by atoms with van der Waals surface area (Å²) in [6.07, 6.45) is 4.10. The van der Waals surface area contributed by atoms with E-state index >= 15 is 0 Å². The summed E-state index contributed by atoms with van der Waals surface area (Å²) in [5, 5.41) is 3.21. The van der Waals surface area contributed by atoms with Crippen molar-refractivity contribution in [1.29, 1.82) is 0 Å². The van der Waals surface area contributed by atoms with E-state index in [0.29, 0.717) is 39.9 Å². The lowest BCUT2D eigenvalue weighted by molar-refractivity contribution is 0.103. The topological polar surface area (TPSA) is 82.6 Å². The minimum atomic E-state index is -3.65. The van der Waals surface area contributed by atoms with Gasteiger partial charge in [0.05, 0.1) is 22.5 Å². The lowest BCUT2D eigenvalue weighted by Crippen LogP contribution is -2.35. The minimum absolute atomic E-state index is 0.140. The zero-order valence-corrected chi connectivity index (χ0v) is 20.0. The van der Waals surface area contributed by atoms with E-state index in [1.165, 1.54) is 22.6 Å². The normalized spacial score (nSPS) is 14.8. The molecule has 7 nitrogen and oxygen atoms in total. The average molecular weight is 489 g/mol. The predicted octanol–water partition coefficient (Wildman–Crippen LogP) is 4.44. The van der Waals surface area contributed by atoms with E-state index in [1.807, 2.05) is 14.1 Å². The average Bonchev–Trinajstić information content (AvgIpc) is 3.30. The highest BCUT2D eigenvalue weighted by molar-refractivity contribution is 7.89. The largest absolute Gasteiger partial charge is 0.376 e. The van der Waals surface area contributed by atoms with Crippen LogP contribution in [0.15, 0.2) is 53.6 Å². The third kappa shape index (κ3) is 4.92. The second-order valence-corrected chi connectivity index (χ2v) is 11.0. The molecule has 174 valence electrons. The second-order valence-electron chi connectivity index (χ2n) is 8.00. The Kier molecular flexibility index (Phi) is 6.78. The lowest BCUT2D eigenvalue weighted by atomic mass is 10.2. The molecule has 0 spiro atoms. The van der Waals surface area contributed by atoms with E-state index in [4.69, 9.17) is 0 Å². The molecule has 0 atom stereocenters. The van der Waals surface area contributed by atoms with Crippen LogP contribution in [0.2, 0.25) is 0 Å². The van der Waals surface area contributed by atoms with Gasteiger partial charge < -0.3 is 10.2 Å². The van der Waals surface area contributed by atoms with Gasteiger partial charge in [-0.25, -0.2) is 17.8 Å². The highest BCUT2D eigenvalue weighted by Crippen LogP contribution is 2.32. The van der Waals surface area contributed by atoms with Crippen LogP contribution < -0.4 is 10.2 Å². The number of hydrogen-bond acceptors (Lipinski definition) is 6. The number of anilines is 2. The monoisotopic (exact) mass is 488 g/mol. The Morgan fingerprint density at radius 2 is 1.85 bits per heavy atom. The van der Waals surface area contributed by atoms with Crippen LogP contribution in [0, 0.1) is 5.82 Å². The van der Waals surface area contributed by atoms with Gasteiger partial charge in [0.15, 0.2) is 0 Å². The first-order valence-electron chi connectivity index (χ1n) is 10.6. The Morgan fingerprint density at radius 3 is 2.55 bits per heavy atom. The fourth-order valence-corrected chi connectivity index (χ4v) is 6.12. The molecule has 0 bridgehead atoms. The van der Waals surface area contributed by atoms with Crippen molar-refractivity contribution >= 4 is 38.6 Å². The summed E-state index contributed by atoms with van der Waals surface area (Å²) in [5.74, 6) is -0.852. The molecule has 4 rings (SSSR count). The SMILES string of the molecule is CN(C)c1ccc(S(=O)(=O)N2CCCCC2)cc1NC(=O)c1cnc(-c2ccccc2F)s1. The van der Waals surface area contributed by atoms with Crippen molar-refractivity contribution in [2.24, 2.45) is 0 Å². The fourth-order valence-electron chi connectivity index (χ4n) is 3.74. The van der Waals surface area contributed by atoms with E-state index in [1.54, 1.807) is 35.2 Å². The number of sulfonamides is 1. The van der Waals surface area contributed by atoms with E-state index < -0.39 is 21.7 Å². The van der Waals surface area contributed by atoms with Crippen molar-refractivity contribution in [3.05, 3.63) is 59.4 Å². The highest BCUT2D eigenvalue weighted by Gasteiger charge is 2.27. The molecule has 33 heavy (non-hydrogen) atoms. The Balaban J connectivity index is 1.62. The Bertz CT molecular complexity index is 1270. The summed E-state index contributed by atoms with van der Waals surface area (Å²) in [5.41, 5.74) is 1.37. The number of piperidine rings is 1. The maximum absolute atomic E-state index is 14.1. The van der Waals surface area contributed by atoms with E-state index in [2.05, 4.69) is 10.3 Å². The highest BCUT2D eigenvalue weighted by atomic mass is 32.2. The van der Waals surface area contributed by atoms with E-state index in [0.717, 1.165) is 30.6 Å². The van der Waals surface area contributed by atoms with Crippen molar-refractivity contribution in [1.82, 2.24) is 9.29 Å². The van der Waals surface area contributed by atoms with Crippen molar-refractivity contribution < 1.29 is 17.6 Å². The van der Waals surface area contributed by atoms with Gasteiger partial charge in [-0.15, -0.1) is 11.3 Å². The van der Waals surface area contributed by atoms with Crippen molar-refractivity contribution in [2.45, 2.75) is 24.2 Å². The number of rotatable bonds is 6. The zero-order valence-electron chi connectivity index (χ0n) is 18.4. The van der Waals surface area contributed by atoms with Gasteiger partial charge in [0.25, 0.3) is 5.91 Å². The van der Waals surface area contributed by atoms with Crippen LogP contribution in [0.25, 0.3) is 10.6 Å². The van der Waals surface area contributed by atoms with Crippen molar-refractivity contribution in [3.8, 4) is 10.6 Å². The van der Waals surface area contributed by atoms with Gasteiger partial charge in [-0.1, -0.05) is 18.6 Å². The molecule has 1 saturated heterocycles. The van der Waals surface area contributed by atoms with Crippen LogP contribution in [0.1, 0.15) is 28.9 Å². The molecule has 10 heteroatoms. The maximum Gasteiger partial charge on any atom is 0.267 e. The number of aromatic nitrogens is 1. The van der Waals surface area contributed by atoms with E-state index in [9.17, 15) is 17.6 Å². The third-order valence-electron chi connectivity index (χ3n) is 5.48. The van der Waals surface area contributed by atoms with E-state index in [-0.39, 0.29) is 4.90 Å². The van der Waals surface area contributed by atoms with Crippen molar-refractivity contribution in [3.63, 3.8) is 0 Å². The fraction of sp³-hybridized carbons (Fsp3) is 0.304. The molecule has 2 heterocycles. The quantitative estimate of drug-likeness (QED) is 0.555. The first-order valence-corrected chi connectivity index (χ1v) is 12.9. The van der Waals surface area contributed by atoms with Crippen molar-refractivity contribution in [2.75, 3.05) is 37.4 Å². The summed E-state index contributed by atoms with van der Waals surface area (Å²) in [6.45, 7) is 0.998. The van der Waals surface area contributed by atoms with Gasteiger partial charge in [0.1, 0.15) is 15.7 Å². The van der Waals surface area contributed by atoms with Gasteiger partial charge in [0, 0.05) is 32.7 Å². The molecule has 0 aliphatic carbocycles. The van der Waals surface area contributed by atoms with Gasteiger partial charge in [-0.05, 0) is 43.2 Å². The number of hydrogen-bond donors (Lipinski definition) is 1. The standard InChI is InChI=1S/C23H25FN4O3S2/c1-27(2)20-11-10-16(33(30,31)28-12-6-3-7-13-28)14-19(20)26-22(29)21-15-25-23(32-21)17-8-4-5-9-18(17)24/h4-5,8-11,14-15H,3,6-7,12-13H2,1-2H3,(H,26,29). The van der Waals surface area contributed by atoms with Crippen LogP contribution in [0.5, 0.6) is 0 Å². The van der Waals surface area contributed by atoms with Gasteiger partial charge >= 0.3 is 0 Å². The molecule has 1 fully saturated rings. The number of halogens is 1. The van der Waals surface area contributed by atoms with Crippen LogP contribution in [-0.4, -0.2) is 50.8 Å². The Hall–Kier alpha value is -2.82.